The van der Waals surface area contributed by atoms with Gasteiger partial charge in [-0.2, -0.15) is 0 Å². The van der Waals surface area contributed by atoms with E-state index in [9.17, 15) is 9.59 Å². The fraction of sp³-hybridized carbons (Fsp3) is 0.375. The summed E-state index contributed by atoms with van der Waals surface area (Å²) in [4.78, 5) is 22.6. The number of ether oxygens (including phenoxy) is 3. The maximum absolute atomic E-state index is 11.7. The van der Waals surface area contributed by atoms with E-state index in [1.165, 1.54) is 0 Å². The molecule has 6 nitrogen and oxygen atoms in total. The zero-order valence-electron chi connectivity index (χ0n) is 12.8. The smallest absolute Gasteiger partial charge is 0.497 e. The van der Waals surface area contributed by atoms with Crippen molar-refractivity contribution in [1.82, 2.24) is 0 Å². The standard InChI is InChI=1S/C16H21NO5/c1-3-21-16(19)22-12-6-4-5-7-15(18)17-13-8-10-14(20-2)11-9-13/h4,6,8-11H,3,5,7,12H2,1-2H3,(H,17,18)/b6-4+. The number of hydrogen-bond donors (Lipinski definition) is 1. The van der Waals surface area contributed by atoms with Crippen molar-refractivity contribution in [2.45, 2.75) is 19.8 Å². The van der Waals surface area contributed by atoms with E-state index in [4.69, 9.17) is 9.47 Å². The van der Waals surface area contributed by atoms with Crippen LogP contribution in [0.4, 0.5) is 10.5 Å². The Kier molecular flexibility index (Phi) is 8.18. The van der Waals surface area contributed by atoms with Crippen LogP contribution in [0.5, 0.6) is 5.75 Å². The number of carbonyl (C=O) groups excluding carboxylic acids is 2. The summed E-state index contributed by atoms with van der Waals surface area (Å²) in [6, 6.07) is 7.12. The molecule has 0 aromatic heterocycles. The zero-order chi connectivity index (χ0) is 16.2. The van der Waals surface area contributed by atoms with Crippen LogP contribution in [-0.2, 0) is 14.3 Å². The van der Waals surface area contributed by atoms with Crippen LogP contribution >= 0.6 is 0 Å². The summed E-state index contributed by atoms with van der Waals surface area (Å²) < 4.78 is 14.4. The Labute approximate surface area is 130 Å². The molecular formula is C16H21NO5. The minimum absolute atomic E-state index is 0.0823. The Hall–Kier alpha value is -2.50. The second-order valence-corrected chi connectivity index (χ2v) is 4.28. The minimum Gasteiger partial charge on any atom is -0.497 e. The molecule has 1 aromatic carbocycles. The summed E-state index contributed by atoms with van der Waals surface area (Å²) in [5.41, 5.74) is 0.723. The third-order valence-corrected chi connectivity index (χ3v) is 2.64. The summed E-state index contributed by atoms with van der Waals surface area (Å²) >= 11 is 0. The molecule has 0 fully saturated rings. The Morgan fingerprint density at radius 3 is 2.50 bits per heavy atom. The van der Waals surface area contributed by atoms with Crippen molar-refractivity contribution in [1.29, 1.82) is 0 Å². The summed E-state index contributed by atoms with van der Waals surface area (Å²) in [5.74, 6) is 0.656. The van der Waals surface area contributed by atoms with Crippen molar-refractivity contribution in [2.75, 3.05) is 25.6 Å². The monoisotopic (exact) mass is 307 g/mol. The van der Waals surface area contributed by atoms with Crippen molar-refractivity contribution in [3.05, 3.63) is 36.4 Å². The van der Waals surface area contributed by atoms with Gasteiger partial charge in [0.2, 0.25) is 5.91 Å². The van der Waals surface area contributed by atoms with E-state index >= 15 is 0 Å². The van der Waals surface area contributed by atoms with Crippen molar-refractivity contribution in [3.63, 3.8) is 0 Å². The molecule has 0 unspecified atom stereocenters. The number of hydrogen-bond acceptors (Lipinski definition) is 5. The van der Waals surface area contributed by atoms with Gasteiger partial charge in [-0.25, -0.2) is 4.79 Å². The first-order valence-corrected chi connectivity index (χ1v) is 7.04. The van der Waals surface area contributed by atoms with Crippen molar-refractivity contribution in [2.24, 2.45) is 0 Å². The van der Waals surface area contributed by atoms with E-state index in [0.717, 1.165) is 11.4 Å². The van der Waals surface area contributed by atoms with Gasteiger partial charge in [-0.15, -0.1) is 0 Å². The van der Waals surface area contributed by atoms with E-state index in [2.05, 4.69) is 10.1 Å². The average molecular weight is 307 g/mol. The van der Waals surface area contributed by atoms with E-state index in [1.807, 2.05) is 0 Å². The van der Waals surface area contributed by atoms with E-state index < -0.39 is 6.16 Å². The van der Waals surface area contributed by atoms with Gasteiger partial charge in [0, 0.05) is 12.1 Å². The Balaban J connectivity index is 2.18. The van der Waals surface area contributed by atoms with Crippen LogP contribution in [0, 0.1) is 0 Å². The molecule has 0 aliphatic heterocycles. The van der Waals surface area contributed by atoms with Gasteiger partial charge in [-0.3, -0.25) is 4.79 Å². The second-order valence-electron chi connectivity index (χ2n) is 4.28. The molecule has 1 N–H and O–H groups in total. The van der Waals surface area contributed by atoms with Gasteiger partial charge in [0.25, 0.3) is 0 Å². The number of methoxy groups -OCH3 is 1. The number of amides is 1. The average Bonchev–Trinajstić information content (AvgIpc) is 2.51. The predicted molar refractivity (Wildman–Crippen MR) is 83.0 cm³/mol. The summed E-state index contributed by atoms with van der Waals surface area (Å²) in [5, 5.41) is 2.79. The molecule has 0 spiro atoms. The molecule has 0 bridgehead atoms. The lowest BCUT2D eigenvalue weighted by atomic mass is 10.2. The van der Waals surface area contributed by atoms with Crippen LogP contribution in [0.25, 0.3) is 0 Å². The van der Waals surface area contributed by atoms with Crippen molar-refractivity contribution >= 4 is 17.7 Å². The quantitative estimate of drug-likeness (QED) is 0.590. The first-order chi connectivity index (χ1) is 10.7. The van der Waals surface area contributed by atoms with Gasteiger partial charge in [0.1, 0.15) is 12.4 Å². The predicted octanol–water partition coefficient (Wildman–Crippen LogP) is 3.14. The Bertz CT molecular complexity index is 496. The largest absolute Gasteiger partial charge is 0.508 e. The number of benzene rings is 1. The molecule has 120 valence electrons. The van der Waals surface area contributed by atoms with E-state index in [-0.39, 0.29) is 19.1 Å². The summed E-state index contributed by atoms with van der Waals surface area (Å²) in [6.45, 7) is 2.13. The molecule has 0 saturated carbocycles. The van der Waals surface area contributed by atoms with Gasteiger partial charge in [-0.05, 0) is 37.6 Å². The number of rotatable bonds is 8. The number of anilines is 1. The third-order valence-electron chi connectivity index (χ3n) is 2.64. The molecule has 1 rings (SSSR count). The number of allylic oxidation sites excluding steroid dienone is 1. The van der Waals surface area contributed by atoms with Crippen molar-refractivity contribution < 1.29 is 23.8 Å². The highest BCUT2D eigenvalue weighted by atomic mass is 16.7. The van der Waals surface area contributed by atoms with Crippen LogP contribution < -0.4 is 10.1 Å². The molecule has 0 saturated heterocycles. The number of carbonyl (C=O) groups is 2. The van der Waals surface area contributed by atoms with E-state index in [1.54, 1.807) is 50.5 Å². The van der Waals surface area contributed by atoms with Crippen LogP contribution in [0.2, 0.25) is 0 Å². The third kappa shape index (κ3) is 7.33. The number of nitrogens with one attached hydrogen (secondary N) is 1. The molecule has 0 heterocycles. The maximum atomic E-state index is 11.7. The summed E-state index contributed by atoms with van der Waals surface area (Å²) in [7, 11) is 1.59. The molecule has 1 amide bonds. The molecule has 0 aliphatic rings. The second kappa shape index (κ2) is 10.3. The zero-order valence-corrected chi connectivity index (χ0v) is 12.8. The summed E-state index contributed by atoms with van der Waals surface area (Å²) in [6.07, 6.45) is 3.69. The van der Waals surface area contributed by atoms with Crippen LogP contribution in [0.15, 0.2) is 36.4 Å². The highest BCUT2D eigenvalue weighted by Crippen LogP contribution is 2.15. The van der Waals surface area contributed by atoms with Crippen LogP contribution in [0.3, 0.4) is 0 Å². The normalized spacial score (nSPS) is 10.3. The molecule has 0 radical (unpaired) electrons. The van der Waals surface area contributed by atoms with Gasteiger partial charge >= 0.3 is 6.16 Å². The SMILES string of the molecule is CCOC(=O)OC/C=C/CCC(=O)Nc1ccc(OC)cc1. The molecular weight excluding hydrogens is 286 g/mol. The highest BCUT2D eigenvalue weighted by Gasteiger charge is 2.01. The van der Waals surface area contributed by atoms with Crippen LogP contribution in [0.1, 0.15) is 19.8 Å². The van der Waals surface area contributed by atoms with Crippen LogP contribution in [-0.4, -0.2) is 32.4 Å². The van der Waals surface area contributed by atoms with Gasteiger partial charge in [0.05, 0.1) is 13.7 Å². The lowest BCUT2D eigenvalue weighted by molar-refractivity contribution is -0.116. The maximum Gasteiger partial charge on any atom is 0.508 e. The van der Waals surface area contributed by atoms with Gasteiger partial charge in [-0.1, -0.05) is 12.2 Å². The van der Waals surface area contributed by atoms with Gasteiger partial charge in [0.15, 0.2) is 0 Å². The Morgan fingerprint density at radius 1 is 1.14 bits per heavy atom. The van der Waals surface area contributed by atoms with E-state index in [0.29, 0.717) is 12.8 Å². The van der Waals surface area contributed by atoms with Gasteiger partial charge < -0.3 is 19.5 Å². The fourth-order valence-electron chi connectivity index (χ4n) is 1.57. The Morgan fingerprint density at radius 2 is 1.86 bits per heavy atom. The first-order valence-electron chi connectivity index (χ1n) is 7.04. The minimum atomic E-state index is -0.690. The topological polar surface area (TPSA) is 73.9 Å². The first kappa shape index (κ1) is 17.6. The molecule has 6 heteroatoms. The fourth-order valence-corrected chi connectivity index (χ4v) is 1.57. The molecule has 0 atom stereocenters. The molecule has 22 heavy (non-hydrogen) atoms. The lowest BCUT2D eigenvalue weighted by Gasteiger charge is -2.05. The highest BCUT2D eigenvalue weighted by molar-refractivity contribution is 5.90. The van der Waals surface area contributed by atoms with Crippen molar-refractivity contribution in [3.8, 4) is 5.75 Å². The lowest BCUT2D eigenvalue weighted by Crippen LogP contribution is -2.10. The molecule has 1 aromatic rings. The molecule has 0 aliphatic carbocycles.